The van der Waals surface area contributed by atoms with Crippen LogP contribution in [0.4, 0.5) is 4.39 Å². The normalized spacial score (nSPS) is 14.7. The molecule has 3 rings (SSSR count). The molecule has 1 aliphatic heterocycles. The van der Waals surface area contributed by atoms with Crippen molar-refractivity contribution in [2.75, 3.05) is 0 Å². The lowest BCUT2D eigenvalue weighted by molar-refractivity contribution is 0.0995. The largest absolute Gasteiger partial charge is 0.364 e. The Hall–Kier alpha value is -2.17. The van der Waals surface area contributed by atoms with Crippen LogP contribution in [0.3, 0.4) is 0 Å². The van der Waals surface area contributed by atoms with Crippen LogP contribution in [0.5, 0.6) is 0 Å². The molecule has 1 aromatic carbocycles. The zero-order valence-corrected chi connectivity index (χ0v) is 11.1. The monoisotopic (exact) mass is 273 g/mol. The predicted molar refractivity (Wildman–Crippen MR) is 73.7 cm³/mol. The minimum Gasteiger partial charge on any atom is -0.364 e. The number of carbonyl (C=O) groups excluding carboxylic acids is 1. The number of primary amides is 1. The smallest absolute Gasteiger partial charge is 0.269 e. The number of imidazole rings is 1. The molecule has 2 N–H and O–H groups in total. The average Bonchev–Trinajstić information content (AvgIpc) is 2.63. The van der Waals surface area contributed by atoms with Crippen LogP contribution in [-0.4, -0.2) is 15.5 Å². The van der Waals surface area contributed by atoms with E-state index in [1.165, 1.54) is 6.07 Å². The van der Waals surface area contributed by atoms with Gasteiger partial charge in [0, 0.05) is 6.54 Å². The zero-order chi connectivity index (χ0) is 14.1. The molecule has 0 aliphatic carbocycles. The van der Waals surface area contributed by atoms with Gasteiger partial charge in [0.1, 0.15) is 17.3 Å². The Morgan fingerprint density at radius 2 is 2.05 bits per heavy atom. The van der Waals surface area contributed by atoms with Crippen molar-refractivity contribution >= 4 is 5.91 Å². The van der Waals surface area contributed by atoms with E-state index in [0.717, 1.165) is 37.9 Å². The average molecular weight is 273 g/mol. The van der Waals surface area contributed by atoms with Crippen LogP contribution in [0.25, 0.3) is 11.4 Å². The van der Waals surface area contributed by atoms with Crippen molar-refractivity contribution in [2.45, 2.75) is 32.2 Å². The molecule has 1 amide bonds. The molecular weight excluding hydrogens is 257 g/mol. The molecule has 1 aromatic heterocycles. The lowest BCUT2D eigenvalue weighted by Gasteiger charge is -2.09. The lowest BCUT2D eigenvalue weighted by Crippen LogP contribution is -2.14. The molecular formula is C15H16FN3O. The van der Waals surface area contributed by atoms with Gasteiger partial charge in [-0.3, -0.25) is 4.79 Å². The van der Waals surface area contributed by atoms with Crippen LogP contribution in [0.15, 0.2) is 24.3 Å². The van der Waals surface area contributed by atoms with Crippen LogP contribution < -0.4 is 5.73 Å². The Bertz CT molecular complexity index is 663. The summed E-state index contributed by atoms with van der Waals surface area (Å²) in [4.78, 5) is 15.9. The molecule has 5 heteroatoms. The molecule has 0 unspecified atom stereocenters. The number of fused-ring (bicyclic) bond motifs is 1. The number of hydrogen-bond donors (Lipinski definition) is 1. The van der Waals surface area contributed by atoms with Gasteiger partial charge in [-0.05, 0) is 31.4 Å². The van der Waals surface area contributed by atoms with Gasteiger partial charge >= 0.3 is 0 Å². The second-order valence-electron chi connectivity index (χ2n) is 5.04. The van der Waals surface area contributed by atoms with Crippen molar-refractivity contribution in [2.24, 2.45) is 5.73 Å². The Morgan fingerprint density at radius 1 is 1.25 bits per heavy atom. The van der Waals surface area contributed by atoms with E-state index in [0.29, 0.717) is 11.4 Å². The number of nitrogens with zero attached hydrogens (tertiary/aromatic N) is 2. The van der Waals surface area contributed by atoms with Gasteiger partial charge in [0.05, 0.1) is 11.3 Å². The van der Waals surface area contributed by atoms with Gasteiger partial charge in [-0.15, -0.1) is 0 Å². The summed E-state index contributed by atoms with van der Waals surface area (Å²) in [5.74, 6) is -0.368. The fourth-order valence-electron chi connectivity index (χ4n) is 2.77. The minimum absolute atomic E-state index is 0.283. The van der Waals surface area contributed by atoms with E-state index in [1.54, 1.807) is 18.2 Å². The number of rotatable bonds is 2. The Labute approximate surface area is 116 Å². The SMILES string of the molecule is NC(=O)c1nc(-c2ccccc2F)n2c1CCCCC2. The van der Waals surface area contributed by atoms with Crippen molar-refractivity contribution in [3.05, 3.63) is 41.5 Å². The zero-order valence-electron chi connectivity index (χ0n) is 11.1. The molecule has 2 aromatic rings. The minimum atomic E-state index is -0.543. The molecule has 0 radical (unpaired) electrons. The van der Waals surface area contributed by atoms with Crippen LogP contribution in [0, 0.1) is 5.82 Å². The Balaban J connectivity index is 2.21. The maximum absolute atomic E-state index is 14.0. The highest BCUT2D eigenvalue weighted by Crippen LogP contribution is 2.28. The fourth-order valence-corrected chi connectivity index (χ4v) is 2.77. The summed E-state index contributed by atoms with van der Waals surface area (Å²) in [5, 5.41) is 0. The van der Waals surface area contributed by atoms with Gasteiger partial charge in [-0.2, -0.15) is 0 Å². The van der Waals surface area contributed by atoms with Crippen LogP contribution >= 0.6 is 0 Å². The third-order valence-electron chi connectivity index (χ3n) is 3.72. The standard InChI is InChI=1S/C15H16FN3O/c16-11-7-4-3-6-10(11)15-18-13(14(17)20)12-8-2-1-5-9-19(12)15/h3-4,6-7H,1-2,5,8-9H2,(H2,17,20). The number of hydrogen-bond acceptors (Lipinski definition) is 2. The second kappa shape index (κ2) is 5.07. The van der Waals surface area contributed by atoms with E-state index in [9.17, 15) is 9.18 Å². The molecule has 2 heterocycles. The number of carbonyl (C=O) groups is 1. The maximum atomic E-state index is 14.0. The number of halogens is 1. The summed E-state index contributed by atoms with van der Waals surface area (Å²) in [6.07, 6.45) is 3.86. The first-order valence-corrected chi connectivity index (χ1v) is 6.82. The number of benzene rings is 1. The Morgan fingerprint density at radius 3 is 2.80 bits per heavy atom. The van der Waals surface area contributed by atoms with Crippen molar-refractivity contribution in [3.8, 4) is 11.4 Å². The third-order valence-corrected chi connectivity index (χ3v) is 3.72. The number of nitrogens with two attached hydrogens (primary N) is 1. The van der Waals surface area contributed by atoms with Gasteiger partial charge in [0.25, 0.3) is 5.91 Å². The summed E-state index contributed by atoms with van der Waals surface area (Å²) in [7, 11) is 0. The van der Waals surface area contributed by atoms with E-state index in [2.05, 4.69) is 4.98 Å². The topological polar surface area (TPSA) is 60.9 Å². The van der Waals surface area contributed by atoms with Gasteiger partial charge in [0.2, 0.25) is 0 Å². The van der Waals surface area contributed by atoms with Gasteiger partial charge < -0.3 is 10.3 Å². The van der Waals surface area contributed by atoms with E-state index < -0.39 is 5.91 Å². The van der Waals surface area contributed by atoms with Gasteiger partial charge in [0.15, 0.2) is 0 Å². The highest BCUT2D eigenvalue weighted by Gasteiger charge is 2.23. The third kappa shape index (κ3) is 2.09. The molecule has 0 bridgehead atoms. The van der Waals surface area contributed by atoms with E-state index in [1.807, 2.05) is 4.57 Å². The predicted octanol–water partition coefficient (Wildman–Crippen LogP) is 2.51. The Kier molecular flexibility index (Phi) is 3.26. The first-order chi connectivity index (χ1) is 9.68. The maximum Gasteiger partial charge on any atom is 0.269 e. The van der Waals surface area contributed by atoms with Crippen LogP contribution in [0.1, 0.15) is 35.4 Å². The molecule has 20 heavy (non-hydrogen) atoms. The summed E-state index contributed by atoms with van der Waals surface area (Å²) in [6, 6.07) is 6.49. The molecule has 4 nitrogen and oxygen atoms in total. The van der Waals surface area contributed by atoms with Gasteiger partial charge in [-0.1, -0.05) is 18.6 Å². The highest BCUT2D eigenvalue weighted by molar-refractivity contribution is 5.93. The lowest BCUT2D eigenvalue weighted by atomic mass is 10.1. The van der Waals surface area contributed by atoms with Gasteiger partial charge in [-0.25, -0.2) is 9.37 Å². The summed E-state index contributed by atoms with van der Waals surface area (Å²) in [5.41, 5.74) is 6.95. The molecule has 0 saturated heterocycles. The molecule has 0 spiro atoms. The quantitative estimate of drug-likeness (QED) is 0.914. The number of aromatic nitrogens is 2. The molecule has 0 saturated carbocycles. The summed E-state index contributed by atoms with van der Waals surface area (Å²) < 4.78 is 15.9. The second-order valence-corrected chi connectivity index (χ2v) is 5.04. The first-order valence-electron chi connectivity index (χ1n) is 6.82. The van der Waals surface area contributed by atoms with E-state index >= 15 is 0 Å². The fraction of sp³-hybridized carbons (Fsp3) is 0.333. The van der Waals surface area contributed by atoms with Crippen molar-refractivity contribution in [1.82, 2.24) is 9.55 Å². The molecule has 0 atom stereocenters. The first kappa shape index (κ1) is 12.8. The van der Waals surface area contributed by atoms with Crippen molar-refractivity contribution in [1.29, 1.82) is 0 Å². The van der Waals surface area contributed by atoms with Crippen molar-refractivity contribution in [3.63, 3.8) is 0 Å². The number of amides is 1. The molecule has 0 fully saturated rings. The molecule has 104 valence electrons. The van der Waals surface area contributed by atoms with Crippen molar-refractivity contribution < 1.29 is 9.18 Å². The summed E-state index contributed by atoms with van der Waals surface area (Å²) >= 11 is 0. The molecule has 1 aliphatic rings. The van der Waals surface area contributed by atoms with Crippen LogP contribution in [0.2, 0.25) is 0 Å². The van der Waals surface area contributed by atoms with E-state index in [4.69, 9.17) is 5.73 Å². The van der Waals surface area contributed by atoms with Crippen LogP contribution in [-0.2, 0) is 13.0 Å². The van der Waals surface area contributed by atoms with E-state index in [-0.39, 0.29) is 11.5 Å². The summed E-state index contributed by atoms with van der Waals surface area (Å²) in [6.45, 7) is 0.749. The highest BCUT2D eigenvalue weighted by atomic mass is 19.1.